The monoisotopic (exact) mass is 613 g/mol. The van der Waals surface area contributed by atoms with Gasteiger partial charge in [0.15, 0.2) is 11.4 Å². The van der Waals surface area contributed by atoms with Crippen LogP contribution in [0.25, 0.3) is 0 Å². The van der Waals surface area contributed by atoms with E-state index in [1.165, 1.54) is 34.3 Å². The quantitative estimate of drug-likeness (QED) is 0.243. The Morgan fingerprint density at radius 2 is 1.95 bits per heavy atom. The molecule has 0 atom stereocenters. The molecule has 0 saturated heterocycles. The smallest absolute Gasteiger partial charge is 0.278 e. The van der Waals surface area contributed by atoms with E-state index in [1.807, 2.05) is 0 Å². The Labute approximate surface area is 248 Å². The molecule has 12 nitrogen and oxygen atoms in total. The van der Waals surface area contributed by atoms with Crippen LogP contribution in [0.1, 0.15) is 52.9 Å². The zero-order chi connectivity index (χ0) is 31.1. The Hall–Kier alpha value is -4.53. The molecule has 3 heterocycles. The normalized spacial score (nSPS) is 19.8. The molecule has 1 fully saturated rings. The first-order valence-electron chi connectivity index (χ1n) is 13.4. The van der Waals surface area contributed by atoms with Gasteiger partial charge in [-0.1, -0.05) is 23.0 Å². The molecule has 1 saturated carbocycles. The molecule has 1 spiro atoms. The van der Waals surface area contributed by atoms with Crippen LogP contribution in [0.5, 0.6) is 5.75 Å². The summed E-state index contributed by atoms with van der Waals surface area (Å²) in [5.74, 6) is -3.43. The molecule has 226 valence electrons. The number of aromatic hydroxyl groups is 1. The number of amides is 2. The van der Waals surface area contributed by atoms with Crippen LogP contribution in [0.2, 0.25) is 0 Å². The van der Waals surface area contributed by atoms with Crippen LogP contribution in [0, 0.1) is 28.4 Å². The highest BCUT2D eigenvalue weighted by molar-refractivity contribution is 8.26. The van der Waals surface area contributed by atoms with Gasteiger partial charge in [-0.2, -0.15) is 0 Å². The number of aromatic nitrogens is 2. The maximum Gasteiger partial charge on any atom is 0.278 e. The number of pyridine rings is 1. The van der Waals surface area contributed by atoms with E-state index in [0.29, 0.717) is 43.5 Å². The number of fused-ring (bicyclic) bond motifs is 1. The highest BCUT2D eigenvalue weighted by atomic mass is 32.2. The van der Waals surface area contributed by atoms with Crippen LogP contribution in [-0.4, -0.2) is 61.5 Å². The first kappa shape index (κ1) is 29.9. The lowest BCUT2D eigenvalue weighted by Gasteiger charge is -2.55. The zero-order valence-corrected chi connectivity index (χ0v) is 24.1. The third-order valence-corrected chi connectivity index (χ3v) is 8.98. The van der Waals surface area contributed by atoms with E-state index in [0.717, 1.165) is 11.6 Å². The number of thioether (sulfide) groups is 1. The third-order valence-electron chi connectivity index (χ3n) is 8.16. The standard InChI is InChI=1S/C28H29F2N7O5S/c1-35-27(41)22-24(39)23(38)19(25(32)43-21(31)9-17-3-4-18(29)10-20(17)30)13-37(22)36(2)28(35)7-5-16(6-8-28)26(40)33-11-15-12-34-42-14-15/h3-4,10,12-14,16,31-32,39H,5-9,11H2,1-2H3,(H,33,40). The maximum absolute atomic E-state index is 14.1. The number of halogens is 2. The van der Waals surface area contributed by atoms with Crippen molar-refractivity contribution < 1.29 is 28.0 Å². The molecule has 5 rings (SSSR count). The average Bonchev–Trinajstić information content (AvgIpc) is 3.50. The molecule has 0 radical (unpaired) electrons. The first-order valence-corrected chi connectivity index (χ1v) is 14.2. The van der Waals surface area contributed by atoms with E-state index in [1.54, 1.807) is 19.1 Å². The molecule has 43 heavy (non-hydrogen) atoms. The average molecular weight is 614 g/mol. The molecule has 0 bridgehead atoms. The second kappa shape index (κ2) is 11.6. The summed E-state index contributed by atoms with van der Waals surface area (Å²) in [5, 5.41) is 35.2. The lowest BCUT2D eigenvalue weighted by molar-refractivity contribution is -0.127. The molecule has 1 aromatic carbocycles. The van der Waals surface area contributed by atoms with Crippen LogP contribution < -0.4 is 15.8 Å². The van der Waals surface area contributed by atoms with Crippen molar-refractivity contribution in [2.75, 3.05) is 19.1 Å². The van der Waals surface area contributed by atoms with Gasteiger partial charge >= 0.3 is 0 Å². The Morgan fingerprint density at radius 1 is 1.23 bits per heavy atom. The number of carbonyl (C=O) groups is 2. The summed E-state index contributed by atoms with van der Waals surface area (Å²) >= 11 is 0.584. The number of rotatable bonds is 6. The Bertz CT molecular complexity index is 1670. The molecule has 3 aromatic rings. The van der Waals surface area contributed by atoms with Gasteiger partial charge in [-0.3, -0.25) is 34.9 Å². The number of nitrogens with zero attached hydrogens (tertiary/aromatic N) is 4. The van der Waals surface area contributed by atoms with Gasteiger partial charge in [0.05, 0.1) is 16.8 Å². The Morgan fingerprint density at radius 3 is 2.60 bits per heavy atom. The molecule has 15 heteroatoms. The summed E-state index contributed by atoms with van der Waals surface area (Å²) in [5.41, 5.74) is -1.56. The number of hydrogen-bond donors (Lipinski definition) is 4. The minimum atomic E-state index is -0.955. The van der Waals surface area contributed by atoms with Crippen LogP contribution in [0.3, 0.4) is 0 Å². The Balaban J connectivity index is 1.35. The van der Waals surface area contributed by atoms with Gasteiger partial charge in [0.25, 0.3) is 5.91 Å². The fourth-order valence-corrected chi connectivity index (χ4v) is 6.38. The third kappa shape index (κ3) is 5.51. The lowest BCUT2D eigenvalue weighted by atomic mass is 9.79. The molecule has 2 aliphatic rings. The van der Waals surface area contributed by atoms with Crippen LogP contribution in [0.15, 0.2) is 46.2 Å². The molecule has 2 amide bonds. The van der Waals surface area contributed by atoms with Gasteiger partial charge in [-0.25, -0.2) is 8.78 Å². The fourth-order valence-electron chi connectivity index (χ4n) is 5.65. The minimum Gasteiger partial charge on any atom is -0.502 e. The maximum atomic E-state index is 14.1. The fraction of sp³-hybridized carbons (Fsp3) is 0.357. The van der Waals surface area contributed by atoms with E-state index in [4.69, 9.17) is 15.3 Å². The molecular weight excluding hydrogens is 584 g/mol. The molecule has 4 N–H and O–H groups in total. The van der Waals surface area contributed by atoms with Crippen LogP contribution in [0.4, 0.5) is 8.78 Å². The number of benzene rings is 1. The molecular formula is C28H29F2N7O5S. The van der Waals surface area contributed by atoms with Crippen molar-refractivity contribution in [1.29, 1.82) is 10.8 Å². The first-order chi connectivity index (χ1) is 20.4. The highest BCUT2D eigenvalue weighted by Crippen LogP contribution is 2.41. The van der Waals surface area contributed by atoms with Crippen molar-refractivity contribution in [2.24, 2.45) is 5.92 Å². The summed E-state index contributed by atoms with van der Waals surface area (Å²) in [6, 6.07) is 2.97. The predicted molar refractivity (Wildman–Crippen MR) is 154 cm³/mol. The van der Waals surface area contributed by atoms with Crippen molar-refractivity contribution in [2.45, 2.75) is 44.3 Å². The van der Waals surface area contributed by atoms with Gasteiger partial charge in [0.2, 0.25) is 11.3 Å². The number of carbonyl (C=O) groups excluding carboxylic acids is 2. The van der Waals surface area contributed by atoms with Crippen molar-refractivity contribution in [3.05, 3.63) is 81.1 Å². The van der Waals surface area contributed by atoms with Crippen LogP contribution >= 0.6 is 11.8 Å². The van der Waals surface area contributed by atoms with E-state index in [2.05, 4.69) is 10.5 Å². The predicted octanol–water partition coefficient (Wildman–Crippen LogP) is 2.95. The number of nitrogens with one attached hydrogen (secondary N) is 3. The van der Waals surface area contributed by atoms with Crippen molar-refractivity contribution >= 4 is 33.7 Å². The summed E-state index contributed by atoms with van der Waals surface area (Å²) < 4.78 is 33.4. The van der Waals surface area contributed by atoms with E-state index < -0.39 is 34.4 Å². The summed E-state index contributed by atoms with van der Waals surface area (Å²) in [6.45, 7) is 0.283. The van der Waals surface area contributed by atoms with Gasteiger partial charge in [0, 0.05) is 50.8 Å². The highest BCUT2D eigenvalue weighted by Gasteiger charge is 2.50. The van der Waals surface area contributed by atoms with Crippen molar-refractivity contribution in [3.8, 4) is 5.75 Å². The minimum absolute atomic E-state index is 0.0507. The summed E-state index contributed by atoms with van der Waals surface area (Å²) in [4.78, 5) is 40.9. The molecule has 2 aromatic heterocycles. The Kier molecular flexibility index (Phi) is 8.10. The second-order valence-corrected chi connectivity index (χ2v) is 11.7. The largest absolute Gasteiger partial charge is 0.502 e. The summed E-state index contributed by atoms with van der Waals surface area (Å²) in [7, 11) is 3.28. The van der Waals surface area contributed by atoms with Crippen LogP contribution in [-0.2, 0) is 17.8 Å². The van der Waals surface area contributed by atoms with Gasteiger partial charge in [0.1, 0.15) is 28.6 Å². The van der Waals surface area contributed by atoms with Gasteiger partial charge < -0.3 is 19.8 Å². The van der Waals surface area contributed by atoms with Gasteiger partial charge in [-0.05, 0) is 37.3 Å². The van der Waals surface area contributed by atoms with Gasteiger partial charge in [-0.15, -0.1) is 0 Å². The zero-order valence-electron chi connectivity index (χ0n) is 23.3. The van der Waals surface area contributed by atoms with Crippen molar-refractivity contribution in [3.63, 3.8) is 0 Å². The molecule has 1 aliphatic carbocycles. The summed E-state index contributed by atoms with van der Waals surface area (Å²) in [6.07, 6.45) is 5.78. The van der Waals surface area contributed by atoms with E-state index in [9.17, 15) is 28.3 Å². The topological polar surface area (TPSA) is 169 Å². The SMILES string of the molecule is CN1C(=O)c2c(O)c(=O)c(C(=N)SC(=N)Cc3ccc(F)cc3F)cn2N(C)C12CCC(C(=O)NCc1cnoc1)CC2. The molecule has 0 unspecified atom stereocenters. The lowest BCUT2D eigenvalue weighted by Crippen LogP contribution is -2.69. The van der Waals surface area contributed by atoms with E-state index >= 15 is 0 Å². The molecule has 1 aliphatic heterocycles. The van der Waals surface area contributed by atoms with E-state index in [-0.39, 0.29) is 51.7 Å². The second-order valence-electron chi connectivity index (χ2n) is 10.6. The van der Waals surface area contributed by atoms with Crippen molar-refractivity contribution in [1.82, 2.24) is 20.0 Å². The number of hydrogen-bond acceptors (Lipinski definition) is 10.